The average molecular weight is 276 g/mol. The van der Waals surface area contributed by atoms with Crippen molar-refractivity contribution in [1.29, 1.82) is 0 Å². The van der Waals surface area contributed by atoms with E-state index in [0.717, 1.165) is 18.7 Å². The first-order valence-electron chi connectivity index (χ1n) is 6.68. The third kappa shape index (κ3) is 2.71. The van der Waals surface area contributed by atoms with E-state index in [4.69, 9.17) is 10.3 Å². The van der Waals surface area contributed by atoms with Gasteiger partial charge < -0.3 is 10.3 Å². The molecule has 0 bridgehead atoms. The van der Waals surface area contributed by atoms with Crippen molar-refractivity contribution in [2.24, 2.45) is 11.7 Å². The summed E-state index contributed by atoms with van der Waals surface area (Å²) in [6, 6.07) is 6.21. The fourth-order valence-corrected chi connectivity index (χ4v) is 2.45. The van der Waals surface area contributed by atoms with Crippen molar-refractivity contribution in [3.8, 4) is 11.5 Å². The molecule has 0 amide bonds. The van der Waals surface area contributed by atoms with Gasteiger partial charge in [0, 0.05) is 24.7 Å². The first-order chi connectivity index (χ1) is 9.61. The molecule has 2 unspecified atom stereocenters. The first-order valence-corrected chi connectivity index (χ1v) is 6.68. The van der Waals surface area contributed by atoms with Crippen molar-refractivity contribution in [2.75, 3.05) is 13.1 Å². The van der Waals surface area contributed by atoms with Gasteiger partial charge in [0.15, 0.2) is 5.82 Å². The summed E-state index contributed by atoms with van der Waals surface area (Å²) in [5.41, 5.74) is 6.71. The molecule has 2 atom stereocenters. The van der Waals surface area contributed by atoms with Crippen LogP contribution in [0.3, 0.4) is 0 Å². The Kier molecular flexibility index (Phi) is 3.50. The standard InChI is InChI=1S/C14H17FN4O/c1-9-6-19(7-12(9)16)8-13-17-14(20-18-13)10-2-4-11(15)5-3-10/h2-5,9,12H,6-8,16H2,1H3. The molecule has 0 spiro atoms. The van der Waals surface area contributed by atoms with E-state index < -0.39 is 0 Å². The number of benzene rings is 1. The maximum atomic E-state index is 12.9. The van der Waals surface area contributed by atoms with E-state index in [1.165, 1.54) is 12.1 Å². The van der Waals surface area contributed by atoms with Gasteiger partial charge in [-0.3, -0.25) is 4.90 Å². The number of halogens is 1. The number of nitrogens with zero attached hydrogens (tertiary/aromatic N) is 3. The third-order valence-corrected chi connectivity index (χ3v) is 3.67. The quantitative estimate of drug-likeness (QED) is 0.923. The Morgan fingerprint density at radius 3 is 2.75 bits per heavy atom. The van der Waals surface area contributed by atoms with Crippen molar-refractivity contribution in [3.05, 3.63) is 35.9 Å². The molecule has 2 aromatic rings. The van der Waals surface area contributed by atoms with E-state index in [1.807, 2.05) is 0 Å². The van der Waals surface area contributed by atoms with Crippen LogP contribution in [0.5, 0.6) is 0 Å². The zero-order valence-electron chi connectivity index (χ0n) is 11.3. The lowest BCUT2D eigenvalue weighted by Crippen LogP contribution is -2.28. The molecule has 20 heavy (non-hydrogen) atoms. The maximum absolute atomic E-state index is 12.9. The van der Waals surface area contributed by atoms with Crippen LogP contribution >= 0.6 is 0 Å². The van der Waals surface area contributed by atoms with Crippen LogP contribution in [0, 0.1) is 11.7 Å². The van der Waals surface area contributed by atoms with Crippen molar-refractivity contribution in [2.45, 2.75) is 19.5 Å². The molecule has 0 radical (unpaired) electrons. The maximum Gasteiger partial charge on any atom is 0.257 e. The number of nitrogens with two attached hydrogens (primary N) is 1. The zero-order valence-corrected chi connectivity index (χ0v) is 11.3. The lowest BCUT2D eigenvalue weighted by atomic mass is 10.1. The van der Waals surface area contributed by atoms with Gasteiger partial charge in [0.1, 0.15) is 5.82 Å². The van der Waals surface area contributed by atoms with Crippen LogP contribution in [-0.4, -0.2) is 34.2 Å². The molecule has 3 rings (SSSR count). The first kappa shape index (κ1) is 13.2. The van der Waals surface area contributed by atoms with E-state index in [0.29, 0.717) is 24.2 Å². The van der Waals surface area contributed by atoms with Gasteiger partial charge in [-0.15, -0.1) is 0 Å². The van der Waals surface area contributed by atoms with E-state index in [2.05, 4.69) is 22.0 Å². The van der Waals surface area contributed by atoms with Crippen LogP contribution in [0.2, 0.25) is 0 Å². The summed E-state index contributed by atoms with van der Waals surface area (Å²) >= 11 is 0. The molecule has 6 heteroatoms. The van der Waals surface area contributed by atoms with Crippen LogP contribution in [0.25, 0.3) is 11.5 Å². The topological polar surface area (TPSA) is 68.2 Å². The Morgan fingerprint density at radius 2 is 2.10 bits per heavy atom. The average Bonchev–Trinajstić information content (AvgIpc) is 2.99. The molecule has 1 aliphatic rings. The van der Waals surface area contributed by atoms with Gasteiger partial charge in [-0.1, -0.05) is 12.1 Å². The molecule has 1 saturated heterocycles. The molecule has 1 fully saturated rings. The number of hydrogen-bond donors (Lipinski definition) is 1. The van der Waals surface area contributed by atoms with Gasteiger partial charge in [0.05, 0.1) is 6.54 Å². The largest absolute Gasteiger partial charge is 0.334 e. The fourth-order valence-electron chi connectivity index (χ4n) is 2.45. The molecule has 2 heterocycles. The third-order valence-electron chi connectivity index (χ3n) is 3.67. The highest BCUT2D eigenvalue weighted by molar-refractivity contribution is 5.52. The second-order valence-corrected chi connectivity index (χ2v) is 5.36. The van der Waals surface area contributed by atoms with Crippen LogP contribution in [-0.2, 0) is 6.54 Å². The second kappa shape index (κ2) is 5.30. The zero-order chi connectivity index (χ0) is 14.1. The Hall–Kier alpha value is -1.79. The Labute approximate surface area is 116 Å². The van der Waals surface area contributed by atoms with Crippen LogP contribution in [0.4, 0.5) is 4.39 Å². The summed E-state index contributed by atoms with van der Waals surface area (Å²) in [4.78, 5) is 6.56. The van der Waals surface area contributed by atoms with E-state index in [1.54, 1.807) is 12.1 Å². The normalized spacial score (nSPS) is 23.4. The molecular weight excluding hydrogens is 259 g/mol. The summed E-state index contributed by atoms with van der Waals surface area (Å²) in [5.74, 6) is 1.24. The minimum absolute atomic E-state index is 0.207. The summed E-state index contributed by atoms with van der Waals surface area (Å²) in [6.45, 7) is 4.57. The summed E-state index contributed by atoms with van der Waals surface area (Å²) in [6.07, 6.45) is 0. The summed E-state index contributed by atoms with van der Waals surface area (Å²) in [5, 5.41) is 3.97. The smallest absolute Gasteiger partial charge is 0.257 e. The van der Waals surface area contributed by atoms with E-state index in [9.17, 15) is 4.39 Å². The molecule has 1 aromatic heterocycles. The molecule has 106 valence electrons. The lowest BCUT2D eigenvalue weighted by molar-refractivity contribution is 0.302. The highest BCUT2D eigenvalue weighted by atomic mass is 19.1. The SMILES string of the molecule is CC1CN(Cc2noc(-c3ccc(F)cc3)n2)CC1N. The van der Waals surface area contributed by atoms with E-state index >= 15 is 0 Å². The molecular formula is C14H17FN4O. The van der Waals surface area contributed by atoms with Gasteiger partial charge in [0.2, 0.25) is 0 Å². The Morgan fingerprint density at radius 1 is 1.35 bits per heavy atom. The van der Waals surface area contributed by atoms with Gasteiger partial charge in [-0.2, -0.15) is 4.98 Å². The number of hydrogen-bond acceptors (Lipinski definition) is 5. The van der Waals surface area contributed by atoms with Gasteiger partial charge in [-0.25, -0.2) is 4.39 Å². The van der Waals surface area contributed by atoms with Gasteiger partial charge in [0.25, 0.3) is 5.89 Å². The molecule has 1 aromatic carbocycles. The van der Waals surface area contributed by atoms with Crippen molar-refractivity contribution >= 4 is 0 Å². The van der Waals surface area contributed by atoms with Crippen LogP contribution in [0.15, 0.2) is 28.8 Å². The summed E-state index contributed by atoms with van der Waals surface area (Å²) < 4.78 is 18.1. The molecule has 5 nitrogen and oxygen atoms in total. The van der Waals surface area contributed by atoms with Crippen molar-refractivity contribution in [3.63, 3.8) is 0 Å². The Balaban J connectivity index is 1.69. The van der Waals surface area contributed by atoms with Gasteiger partial charge >= 0.3 is 0 Å². The minimum Gasteiger partial charge on any atom is -0.334 e. The molecule has 1 aliphatic heterocycles. The predicted octanol–water partition coefficient (Wildman–Crippen LogP) is 1.65. The van der Waals surface area contributed by atoms with Gasteiger partial charge in [-0.05, 0) is 30.2 Å². The minimum atomic E-state index is -0.284. The summed E-state index contributed by atoms with van der Waals surface area (Å²) in [7, 11) is 0. The van der Waals surface area contributed by atoms with E-state index in [-0.39, 0.29) is 11.9 Å². The molecule has 0 aliphatic carbocycles. The predicted molar refractivity (Wildman–Crippen MR) is 72.1 cm³/mol. The van der Waals surface area contributed by atoms with Crippen LogP contribution in [0.1, 0.15) is 12.7 Å². The monoisotopic (exact) mass is 276 g/mol. The molecule has 2 N–H and O–H groups in total. The lowest BCUT2D eigenvalue weighted by Gasteiger charge is -2.11. The molecule has 0 saturated carbocycles. The second-order valence-electron chi connectivity index (χ2n) is 5.36. The highest BCUT2D eigenvalue weighted by Crippen LogP contribution is 2.20. The Bertz CT molecular complexity index is 573. The van der Waals surface area contributed by atoms with Crippen molar-refractivity contribution < 1.29 is 8.91 Å². The van der Waals surface area contributed by atoms with Crippen LogP contribution < -0.4 is 5.73 Å². The number of aromatic nitrogens is 2. The highest BCUT2D eigenvalue weighted by Gasteiger charge is 2.27. The number of rotatable bonds is 3. The number of likely N-dealkylation sites (tertiary alicyclic amines) is 1. The fraction of sp³-hybridized carbons (Fsp3) is 0.429. The van der Waals surface area contributed by atoms with Crippen molar-refractivity contribution in [1.82, 2.24) is 15.0 Å².